The second kappa shape index (κ2) is 6.19. The standard InChI is InChI=1S/C10H9ClF3NO2S/c11-6-1-2-7(8(16)5-6)9(17)15-3-4-18-10(12,13)14/h1-2,5,16H,3-4H2,(H,15,17). The maximum absolute atomic E-state index is 11.8. The summed E-state index contributed by atoms with van der Waals surface area (Å²) in [7, 11) is 0. The Hall–Kier alpha value is -1.08. The molecule has 0 atom stereocenters. The lowest BCUT2D eigenvalue weighted by Gasteiger charge is -2.08. The van der Waals surface area contributed by atoms with Crippen LogP contribution in [0.5, 0.6) is 5.75 Å². The van der Waals surface area contributed by atoms with Crippen LogP contribution in [0.3, 0.4) is 0 Å². The Morgan fingerprint density at radius 1 is 1.44 bits per heavy atom. The average Bonchev–Trinajstić information content (AvgIpc) is 2.22. The molecule has 0 saturated heterocycles. The van der Waals surface area contributed by atoms with Crippen molar-refractivity contribution in [2.24, 2.45) is 0 Å². The van der Waals surface area contributed by atoms with Gasteiger partial charge in [-0.25, -0.2) is 0 Å². The fourth-order valence-electron chi connectivity index (χ4n) is 1.12. The minimum atomic E-state index is -4.31. The van der Waals surface area contributed by atoms with Gasteiger partial charge in [-0.05, 0) is 30.0 Å². The molecule has 0 fully saturated rings. The highest BCUT2D eigenvalue weighted by Gasteiger charge is 2.27. The number of phenolic OH excluding ortho intramolecular Hbond substituents is 1. The first-order valence-electron chi connectivity index (χ1n) is 4.77. The summed E-state index contributed by atoms with van der Waals surface area (Å²) >= 11 is 5.36. The summed E-state index contributed by atoms with van der Waals surface area (Å²) in [5, 5.41) is 11.9. The molecule has 0 aliphatic rings. The van der Waals surface area contributed by atoms with Crippen LogP contribution in [0.2, 0.25) is 5.02 Å². The number of hydrogen-bond acceptors (Lipinski definition) is 3. The molecule has 18 heavy (non-hydrogen) atoms. The normalized spacial score (nSPS) is 11.3. The molecule has 0 bridgehead atoms. The molecule has 0 spiro atoms. The van der Waals surface area contributed by atoms with E-state index in [1.807, 2.05) is 0 Å². The van der Waals surface area contributed by atoms with Gasteiger partial charge in [0.25, 0.3) is 5.91 Å². The van der Waals surface area contributed by atoms with Crippen molar-refractivity contribution in [2.75, 3.05) is 12.3 Å². The molecule has 0 radical (unpaired) electrons. The Balaban J connectivity index is 2.46. The Kier molecular flexibility index (Phi) is 5.15. The van der Waals surface area contributed by atoms with E-state index in [0.717, 1.165) is 0 Å². The number of amides is 1. The van der Waals surface area contributed by atoms with Crippen molar-refractivity contribution in [3.8, 4) is 5.75 Å². The highest BCUT2D eigenvalue weighted by atomic mass is 35.5. The quantitative estimate of drug-likeness (QED) is 0.840. The van der Waals surface area contributed by atoms with Crippen LogP contribution in [-0.4, -0.2) is 28.8 Å². The van der Waals surface area contributed by atoms with E-state index < -0.39 is 11.4 Å². The molecule has 0 aromatic heterocycles. The first kappa shape index (κ1) is 15.0. The summed E-state index contributed by atoms with van der Waals surface area (Å²) in [4.78, 5) is 11.5. The minimum Gasteiger partial charge on any atom is -0.507 e. The van der Waals surface area contributed by atoms with E-state index >= 15 is 0 Å². The van der Waals surface area contributed by atoms with Crippen LogP contribution in [0, 0.1) is 0 Å². The van der Waals surface area contributed by atoms with E-state index in [-0.39, 0.29) is 40.4 Å². The zero-order valence-electron chi connectivity index (χ0n) is 8.92. The van der Waals surface area contributed by atoms with Gasteiger partial charge in [-0.3, -0.25) is 4.79 Å². The van der Waals surface area contributed by atoms with Crippen LogP contribution in [0.4, 0.5) is 13.2 Å². The van der Waals surface area contributed by atoms with E-state index in [4.69, 9.17) is 11.6 Å². The second-order valence-corrected chi connectivity index (χ2v) is 4.81. The lowest BCUT2D eigenvalue weighted by atomic mass is 10.2. The molecule has 0 heterocycles. The van der Waals surface area contributed by atoms with Crippen molar-refractivity contribution in [3.05, 3.63) is 28.8 Å². The van der Waals surface area contributed by atoms with Gasteiger partial charge in [0.2, 0.25) is 0 Å². The van der Waals surface area contributed by atoms with Gasteiger partial charge in [-0.1, -0.05) is 11.6 Å². The smallest absolute Gasteiger partial charge is 0.441 e. The van der Waals surface area contributed by atoms with Gasteiger partial charge in [-0.2, -0.15) is 13.2 Å². The first-order valence-corrected chi connectivity index (χ1v) is 6.13. The molecule has 0 unspecified atom stereocenters. The topological polar surface area (TPSA) is 49.3 Å². The highest BCUT2D eigenvalue weighted by Crippen LogP contribution is 2.29. The van der Waals surface area contributed by atoms with E-state index in [0.29, 0.717) is 0 Å². The number of halogens is 4. The number of aromatic hydroxyl groups is 1. The maximum atomic E-state index is 11.8. The number of nitrogens with one attached hydrogen (secondary N) is 1. The zero-order valence-corrected chi connectivity index (χ0v) is 10.5. The molecule has 1 aromatic rings. The monoisotopic (exact) mass is 299 g/mol. The van der Waals surface area contributed by atoms with Crippen molar-refractivity contribution in [1.29, 1.82) is 0 Å². The van der Waals surface area contributed by atoms with Gasteiger partial charge in [0.1, 0.15) is 5.75 Å². The molecule has 1 aromatic carbocycles. The zero-order chi connectivity index (χ0) is 13.8. The maximum Gasteiger partial charge on any atom is 0.441 e. The summed E-state index contributed by atoms with van der Waals surface area (Å²) in [5.74, 6) is -1.25. The third kappa shape index (κ3) is 5.05. The minimum absolute atomic E-state index is 0.0311. The third-order valence-electron chi connectivity index (χ3n) is 1.86. The lowest BCUT2D eigenvalue weighted by Crippen LogP contribution is -2.26. The fourth-order valence-corrected chi connectivity index (χ4v) is 1.73. The number of phenols is 1. The number of alkyl halides is 3. The largest absolute Gasteiger partial charge is 0.507 e. The average molecular weight is 300 g/mol. The van der Waals surface area contributed by atoms with E-state index in [1.54, 1.807) is 0 Å². The van der Waals surface area contributed by atoms with Gasteiger partial charge in [0, 0.05) is 17.3 Å². The SMILES string of the molecule is O=C(NCCSC(F)(F)F)c1ccc(Cl)cc1O. The first-order chi connectivity index (χ1) is 8.29. The van der Waals surface area contributed by atoms with Gasteiger partial charge >= 0.3 is 5.51 Å². The van der Waals surface area contributed by atoms with Crippen LogP contribution in [0.15, 0.2) is 18.2 Å². The lowest BCUT2D eigenvalue weighted by molar-refractivity contribution is -0.0327. The van der Waals surface area contributed by atoms with Crippen molar-refractivity contribution in [1.82, 2.24) is 5.32 Å². The summed E-state index contributed by atoms with van der Waals surface area (Å²) in [6.45, 7) is -0.148. The number of hydrogen-bond donors (Lipinski definition) is 2. The van der Waals surface area contributed by atoms with Crippen LogP contribution in [-0.2, 0) is 0 Å². The summed E-state index contributed by atoms with van der Waals surface area (Å²) in [6, 6.07) is 3.88. The molecule has 100 valence electrons. The van der Waals surface area contributed by atoms with Gasteiger partial charge in [0.15, 0.2) is 0 Å². The predicted molar refractivity (Wildman–Crippen MR) is 64.0 cm³/mol. The summed E-state index contributed by atoms with van der Waals surface area (Å²) in [6.07, 6.45) is 0. The predicted octanol–water partition coefficient (Wildman–Crippen LogP) is 3.03. The number of carbonyl (C=O) groups excluding carboxylic acids is 1. The highest BCUT2D eigenvalue weighted by molar-refractivity contribution is 8.00. The van der Waals surface area contributed by atoms with Gasteiger partial charge in [0.05, 0.1) is 5.56 Å². The number of benzene rings is 1. The molecular weight excluding hydrogens is 291 g/mol. The van der Waals surface area contributed by atoms with Crippen molar-refractivity contribution < 1.29 is 23.1 Å². The Morgan fingerprint density at radius 2 is 2.11 bits per heavy atom. The number of carbonyl (C=O) groups is 1. The molecule has 0 aliphatic carbocycles. The molecule has 0 saturated carbocycles. The molecule has 8 heteroatoms. The molecule has 1 amide bonds. The molecular formula is C10H9ClF3NO2S. The van der Waals surface area contributed by atoms with Crippen LogP contribution in [0.1, 0.15) is 10.4 Å². The molecule has 0 aliphatic heterocycles. The summed E-state index contributed by atoms with van der Waals surface area (Å²) < 4.78 is 35.4. The molecule has 3 nitrogen and oxygen atoms in total. The third-order valence-corrected chi connectivity index (χ3v) is 2.83. The van der Waals surface area contributed by atoms with Crippen LogP contribution in [0.25, 0.3) is 0 Å². The Bertz CT molecular complexity index is 440. The van der Waals surface area contributed by atoms with Crippen LogP contribution >= 0.6 is 23.4 Å². The van der Waals surface area contributed by atoms with E-state index in [9.17, 15) is 23.1 Å². The second-order valence-electron chi connectivity index (χ2n) is 3.21. The number of rotatable bonds is 4. The van der Waals surface area contributed by atoms with Gasteiger partial charge < -0.3 is 10.4 Å². The van der Waals surface area contributed by atoms with Crippen LogP contribution < -0.4 is 5.32 Å². The molecule has 2 N–H and O–H groups in total. The summed E-state index contributed by atoms with van der Waals surface area (Å²) in [5.41, 5.74) is -4.34. The number of thioether (sulfide) groups is 1. The van der Waals surface area contributed by atoms with Crippen molar-refractivity contribution >= 4 is 29.3 Å². The Labute approximate surface area is 110 Å². The van der Waals surface area contributed by atoms with Crippen molar-refractivity contribution in [3.63, 3.8) is 0 Å². The Morgan fingerprint density at radius 3 is 2.67 bits per heavy atom. The molecule has 1 rings (SSSR count). The van der Waals surface area contributed by atoms with E-state index in [1.165, 1.54) is 18.2 Å². The van der Waals surface area contributed by atoms with E-state index in [2.05, 4.69) is 5.32 Å². The van der Waals surface area contributed by atoms with Gasteiger partial charge in [-0.15, -0.1) is 0 Å². The van der Waals surface area contributed by atoms with Crippen molar-refractivity contribution in [2.45, 2.75) is 5.51 Å². The fraction of sp³-hybridized carbons (Fsp3) is 0.300.